The maximum atomic E-state index is 13.2. The lowest BCUT2D eigenvalue weighted by Crippen LogP contribution is -2.41. The van der Waals surface area contributed by atoms with Crippen LogP contribution in [0.2, 0.25) is 0 Å². The smallest absolute Gasteiger partial charge is 0.313 e. The van der Waals surface area contributed by atoms with E-state index in [-0.39, 0.29) is 30.3 Å². The number of fused-ring (bicyclic) bond motifs is 1. The van der Waals surface area contributed by atoms with Crippen molar-refractivity contribution in [2.75, 3.05) is 19.8 Å². The number of hydrogen-bond acceptors (Lipinski definition) is 6. The predicted molar refractivity (Wildman–Crippen MR) is 115 cm³/mol. The minimum absolute atomic E-state index is 0.132. The molecule has 0 unspecified atom stereocenters. The minimum atomic E-state index is -3.81. The van der Waals surface area contributed by atoms with Crippen molar-refractivity contribution in [2.24, 2.45) is 4.99 Å². The number of aliphatic imine (C=N–C) groups is 1. The molecule has 3 rings (SSSR count). The molecule has 7 nitrogen and oxygen atoms in total. The van der Waals surface area contributed by atoms with Crippen LogP contribution in [0, 0.1) is 13.8 Å². The van der Waals surface area contributed by atoms with Gasteiger partial charge >= 0.3 is 5.97 Å². The summed E-state index contributed by atoms with van der Waals surface area (Å²) in [5.74, 6) is 0.425. The number of sulfonamides is 1. The van der Waals surface area contributed by atoms with Gasteiger partial charge in [0.1, 0.15) is 22.9 Å². The number of nitrogens with zero attached hydrogens (tertiary/aromatic N) is 2. The Hall–Kier alpha value is -2.87. The highest BCUT2D eigenvalue weighted by atomic mass is 32.2. The maximum absolute atomic E-state index is 13.2. The molecule has 0 saturated carbocycles. The second-order valence-electron chi connectivity index (χ2n) is 7.03. The van der Waals surface area contributed by atoms with Crippen LogP contribution in [0.4, 0.5) is 5.69 Å². The lowest BCUT2D eigenvalue weighted by atomic mass is 10.1. The number of hydrogen-bond donors (Lipinski definition) is 0. The van der Waals surface area contributed by atoms with Gasteiger partial charge in [0.2, 0.25) is 0 Å². The number of esters is 1. The van der Waals surface area contributed by atoms with Gasteiger partial charge in [-0.05, 0) is 44.5 Å². The molecule has 1 aliphatic rings. The third kappa shape index (κ3) is 4.81. The fraction of sp³-hybridized carbons (Fsp3) is 0.364. The minimum Gasteiger partial charge on any atom is -0.493 e. The van der Waals surface area contributed by atoms with E-state index in [1.54, 1.807) is 25.1 Å². The Morgan fingerprint density at radius 1 is 1.13 bits per heavy atom. The van der Waals surface area contributed by atoms with E-state index in [1.807, 2.05) is 32.0 Å². The van der Waals surface area contributed by atoms with E-state index < -0.39 is 16.0 Å². The van der Waals surface area contributed by atoms with Crippen LogP contribution in [0.3, 0.4) is 0 Å². The second-order valence-corrected chi connectivity index (χ2v) is 8.86. The van der Waals surface area contributed by atoms with E-state index in [2.05, 4.69) is 4.99 Å². The molecule has 0 radical (unpaired) electrons. The lowest BCUT2D eigenvalue weighted by Gasteiger charge is -2.29. The molecule has 0 saturated heterocycles. The van der Waals surface area contributed by atoms with Crippen molar-refractivity contribution in [1.82, 2.24) is 4.31 Å². The van der Waals surface area contributed by atoms with Crippen LogP contribution in [0.1, 0.15) is 30.9 Å². The average molecular weight is 431 g/mol. The summed E-state index contributed by atoms with van der Waals surface area (Å²) < 4.78 is 38.3. The van der Waals surface area contributed by atoms with Gasteiger partial charge in [0.15, 0.2) is 0 Å². The van der Waals surface area contributed by atoms with Crippen molar-refractivity contribution >= 4 is 27.5 Å². The van der Waals surface area contributed by atoms with Crippen molar-refractivity contribution in [1.29, 1.82) is 0 Å². The second kappa shape index (κ2) is 9.30. The summed E-state index contributed by atoms with van der Waals surface area (Å²) in [6.45, 7) is 6.40. The molecule has 8 heteroatoms. The van der Waals surface area contributed by atoms with Gasteiger partial charge < -0.3 is 9.47 Å². The number of amidine groups is 1. The first kappa shape index (κ1) is 21.8. The van der Waals surface area contributed by atoms with E-state index in [0.29, 0.717) is 18.7 Å². The number of para-hydroxylation sites is 1. The Bertz CT molecular complexity index is 1060. The zero-order valence-corrected chi connectivity index (χ0v) is 18.2. The molecule has 0 spiro atoms. The van der Waals surface area contributed by atoms with Crippen LogP contribution in [0.5, 0.6) is 5.75 Å². The van der Waals surface area contributed by atoms with E-state index >= 15 is 0 Å². The van der Waals surface area contributed by atoms with Crippen molar-refractivity contribution in [3.63, 3.8) is 0 Å². The molecule has 0 amide bonds. The van der Waals surface area contributed by atoms with E-state index in [4.69, 9.17) is 9.47 Å². The summed E-state index contributed by atoms with van der Waals surface area (Å²) in [5.41, 5.74) is 2.51. The van der Waals surface area contributed by atoms with Gasteiger partial charge in [-0.1, -0.05) is 29.8 Å². The zero-order chi connectivity index (χ0) is 21.7. The van der Waals surface area contributed by atoms with Crippen molar-refractivity contribution in [3.05, 3.63) is 53.6 Å². The first-order chi connectivity index (χ1) is 14.3. The standard InChI is InChI=1S/C22H26N2O5S/c1-4-28-22(25)15-21-23-18-8-5-6-9-20(18)30(26,27)24(21)12-7-13-29-19-11-10-16(2)14-17(19)3/h5-6,8-11,14H,4,7,12-13,15H2,1-3H3. The van der Waals surface area contributed by atoms with E-state index in [9.17, 15) is 13.2 Å². The lowest BCUT2D eigenvalue weighted by molar-refractivity contribution is -0.141. The van der Waals surface area contributed by atoms with Gasteiger partial charge in [-0.25, -0.2) is 13.4 Å². The number of carbonyl (C=O) groups is 1. The SMILES string of the molecule is CCOC(=O)CC1=Nc2ccccc2S(=O)(=O)N1CCCOc1ccc(C)cc1C. The van der Waals surface area contributed by atoms with Crippen LogP contribution in [0.25, 0.3) is 0 Å². The molecule has 0 fully saturated rings. The average Bonchev–Trinajstić information content (AvgIpc) is 2.68. The fourth-order valence-electron chi connectivity index (χ4n) is 3.29. The monoisotopic (exact) mass is 430 g/mol. The molecule has 30 heavy (non-hydrogen) atoms. The van der Waals surface area contributed by atoms with E-state index in [1.165, 1.54) is 10.4 Å². The molecule has 0 aliphatic carbocycles. The Balaban J connectivity index is 1.75. The molecule has 2 aromatic carbocycles. The topological polar surface area (TPSA) is 85.3 Å². The van der Waals surface area contributed by atoms with Crippen molar-refractivity contribution in [3.8, 4) is 5.75 Å². The highest BCUT2D eigenvalue weighted by Gasteiger charge is 2.34. The van der Waals surface area contributed by atoms with Crippen molar-refractivity contribution < 1.29 is 22.7 Å². The number of carbonyl (C=O) groups excluding carboxylic acids is 1. The van der Waals surface area contributed by atoms with Gasteiger partial charge in [-0.2, -0.15) is 0 Å². The Labute approximate surface area is 177 Å². The van der Waals surface area contributed by atoms with Gasteiger partial charge in [0, 0.05) is 13.0 Å². The van der Waals surface area contributed by atoms with Crippen LogP contribution in [-0.4, -0.2) is 44.3 Å². The molecule has 0 N–H and O–H groups in total. The zero-order valence-electron chi connectivity index (χ0n) is 17.4. The first-order valence-electron chi connectivity index (χ1n) is 9.88. The summed E-state index contributed by atoms with van der Waals surface area (Å²) in [7, 11) is -3.81. The molecule has 1 aliphatic heterocycles. The molecule has 1 heterocycles. The molecular weight excluding hydrogens is 404 g/mol. The Morgan fingerprint density at radius 3 is 2.63 bits per heavy atom. The van der Waals surface area contributed by atoms with Gasteiger partial charge in [-0.3, -0.25) is 9.10 Å². The summed E-state index contributed by atoms with van der Waals surface area (Å²) in [6.07, 6.45) is 0.232. The molecule has 0 atom stereocenters. The van der Waals surface area contributed by atoms with Crippen LogP contribution < -0.4 is 4.74 Å². The van der Waals surface area contributed by atoms with Gasteiger partial charge in [0.25, 0.3) is 10.0 Å². The van der Waals surface area contributed by atoms with Crippen LogP contribution >= 0.6 is 0 Å². The highest BCUT2D eigenvalue weighted by Crippen LogP contribution is 2.33. The summed E-state index contributed by atoms with van der Waals surface area (Å²) in [4.78, 5) is 16.6. The van der Waals surface area contributed by atoms with Gasteiger partial charge in [0.05, 0.1) is 18.9 Å². The molecule has 160 valence electrons. The fourth-order valence-corrected chi connectivity index (χ4v) is 4.91. The third-order valence-corrected chi connectivity index (χ3v) is 6.55. The highest BCUT2D eigenvalue weighted by molar-refractivity contribution is 7.90. The first-order valence-corrected chi connectivity index (χ1v) is 11.3. The Morgan fingerprint density at radius 2 is 1.90 bits per heavy atom. The summed E-state index contributed by atoms with van der Waals surface area (Å²) in [5, 5.41) is 0. The summed E-state index contributed by atoms with van der Waals surface area (Å²) in [6, 6.07) is 12.4. The quantitative estimate of drug-likeness (QED) is 0.470. The Kier molecular flexibility index (Phi) is 6.77. The number of benzene rings is 2. The van der Waals surface area contributed by atoms with Crippen molar-refractivity contribution in [2.45, 2.75) is 38.5 Å². The van der Waals surface area contributed by atoms with Crippen LogP contribution in [-0.2, 0) is 19.6 Å². The number of ether oxygens (including phenoxy) is 2. The summed E-state index contributed by atoms with van der Waals surface area (Å²) >= 11 is 0. The van der Waals surface area contributed by atoms with E-state index in [0.717, 1.165) is 16.9 Å². The molecule has 0 aromatic heterocycles. The predicted octanol–water partition coefficient (Wildman–Crippen LogP) is 3.76. The number of aryl methyl sites for hydroxylation is 2. The maximum Gasteiger partial charge on any atom is 0.313 e. The normalized spacial score (nSPS) is 14.6. The number of rotatable bonds is 8. The largest absolute Gasteiger partial charge is 0.493 e. The third-order valence-electron chi connectivity index (χ3n) is 4.67. The van der Waals surface area contributed by atoms with Crippen LogP contribution in [0.15, 0.2) is 52.4 Å². The molecular formula is C22H26N2O5S. The molecule has 2 aromatic rings. The molecule has 0 bridgehead atoms. The van der Waals surface area contributed by atoms with Gasteiger partial charge in [-0.15, -0.1) is 0 Å².